The van der Waals surface area contributed by atoms with Crippen molar-refractivity contribution < 1.29 is 17.9 Å². The van der Waals surface area contributed by atoms with Crippen molar-refractivity contribution in [3.05, 3.63) is 71.8 Å². The normalized spacial score (nSPS) is 14.4. The zero-order valence-corrected chi connectivity index (χ0v) is 20.3. The highest BCUT2D eigenvalue weighted by Gasteiger charge is 2.28. The number of anilines is 2. The molecule has 3 aromatic rings. The van der Waals surface area contributed by atoms with E-state index in [1.165, 1.54) is 38.2 Å². The van der Waals surface area contributed by atoms with Gasteiger partial charge in [-0.15, -0.1) is 0 Å². The summed E-state index contributed by atoms with van der Waals surface area (Å²) in [5, 5.41) is 11.7. The lowest BCUT2D eigenvalue weighted by Gasteiger charge is -2.19. The summed E-state index contributed by atoms with van der Waals surface area (Å²) >= 11 is 0. The number of benzene rings is 3. The zero-order valence-electron chi connectivity index (χ0n) is 19.5. The maximum absolute atomic E-state index is 12.8. The van der Waals surface area contributed by atoms with E-state index in [-0.39, 0.29) is 22.1 Å². The topological polar surface area (TPSA) is 111 Å². The maximum Gasteiger partial charge on any atom is 0.255 e. The second kappa shape index (κ2) is 9.48. The molecule has 0 radical (unpaired) electrons. The Balaban J connectivity index is 1.55. The van der Waals surface area contributed by atoms with E-state index < -0.39 is 10.0 Å². The van der Waals surface area contributed by atoms with E-state index in [0.29, 0.717) is 11.7 Å². The van der Waals surface area contributed by atoms with Gasteiger partial charge in [0.1, 0.15) is 10.6 Å². The van der Waals surface area contributed by atoms with Crippen molar-refractivity contribution in [2.75, 3.05) is 17.7 Å². The van der Waals surface area contributed by atoms with Gasteiger partial charge in [-0.05, 0) is 80.1 Å². The first kappa shape index (κ1) is 23.8. The van der Waals surface area contributed by atoms with Crippen molar-refractivity contribution in [3.63, 3.8) is 0 Å². The number of carbonyl (C=O) groups is 1. The minimum atomic E-state index is -3.96. The van der Waals surface area contributed by atoms with Crippen molar-refractivity contribution >= 4 is 27.3 Å². The van der Waals surface area contributed by atoms with Gasteiger partial charge in [0.25, 0.3) is 5.91 Å². The Kier molecular flexibility index (Phi) is 6.63. The third-order valence-corrected chi connectivity index (χ3v) is 7.10. The first-order chi connectivity index (χ1) is 16.2. The second-order valence-corrected chi connectivity index (χ2v) is 10.2. The Bertz CT molecular complexity index is 1330. The Hall–Kier alpha value is -3.36. The standard InChI is InChI=1S/C26H29N3O4S/c1-16-14-20(29-26(30)19-10-13-25(34(27,31)32)24(15-19)33-3)11-12-21(16)22-6-4-5-7-23(22)28-17(2)18-8-9-18/h4-7,10-15,17-18,28H,8-9H2,1-3H3,(H,29,30)(H2,27,31,32). The Morgan fingerprint density at radius 3 is 2.44 bits per heavy atom. The van der Waals surface area contributed by atoms with Crippen LogP contribution >= 0.6 is 0 Å². The molecule has 1 amide bonds. The number of aryl methyl sites for hydroxylation is 1. The smallest absolute Gasteiger partial charge is 0.255 e. The molecule has 8 heteroatoms. The van der Waals surface area contributed by atoms with Crippen LogP contribution in [0.2, 0.25) is 0 Å². The molecular weight excluding hydrogens is 450 g/mol. The maximum atomic E-state index is 12.8. The van der Waals surface area contributed by atoms with Gasteiger partial charge in [-0.2, -0.15) is 0 Å². The van der Waals surface area contributed by atoms with E-state index >= 15 is 0 Å². The number of para-hydroxylation sites is 1. The number of rotatable bonds is 8. The van der Waals surface area contributed by atoms with E-state index in [9.17, 15) is 13.2 Å². The molecule has 0 heterocycles. The number of ether oxygens (including phenoxy) is 1. The van der Waals surface area contributed by atoms with Gasteiger partial charge < -0.3 is 15.4 Å². The largest absolute Gasteiger partial charge is 0.495 e. The molecule has 0 saturated heterocycles. The SMILES string of the molecule is COc1cc(C(=O)Nc2ccc(-c3ccccc3NC(C)C3CC3)c(C)c2)ccc1S(N)(=O)=O. The molecule has 0 aromatic heterocycles. The fraction of sp³-hybridized carbons (Fsp3) is 0.269. The summed E-state index contributed by atoms with van der Waals surface area (Å²) in [6.45, 7) is 4.24. The lowest BCUT2D eigenvalue weighted by atomic mass is 9.97. The molecule has 0 bridgehead atoms. The minimum Gasteiger partial charge on any atom is -0.495 e. The molecule has 4 rings (SSSR count). The average Bonchev–Trinajstić information content (AvgIpc) is 3.64. The van der Waals surface area contributed by atoms with Crippen molar-refractivity contribution in [1.82, 2.24) is 0 Å². The van der Waals surface area contributed by atoms with E-state index in [0.717, 1.165) is 28.3 Å². The summed E-state index contributed by atoms with van der Waals surface area (Å²) in [5.74, 6) is 0.377. The van der Waals surface area contributed by atoms with Crippen LogP contribution in [0.4, 0.5) is 11.4 Å². The molecule has 1 fully saturated rings. The Morgan fingerprint density at radius 2 is 1.79 bits per heavy atom. The third kappa shape index (κ3) is 5.24. The number of carbonyl (C=O) groups excluding carboxylic acids is 1. The molecule has 1 unspecified atom stereocenters. The van der Waals surface area contributed by atoms with Crippen molar-refractivity contribution in [3.8, 4) is 16.9 Å². The van der Waals surface area contributed by atoms with Crippen LogP contribution in [0.5, 0.6) is 5.75 Å². The number of primary sulfonamides is 1. The van der Waals surface area contributed by atoms with Crippen LogP contribution in [0.15, 0.2) is 65.6 Å². The summed E-state index contributed by atoms with van der Waals surface area (Å²) in [7, 11) is -2.63. The van der Waals surface area contributed by atoms with E-state index in [2.05, 4.69) is 29.7 Å². The lowest BCUT2D eigenvalue weighted by Crippen LogP contribution is -2.17. The minimum absolute atomic E-state index is 0.0196. The summed E-state index contributed by atoms with van der Waals surface area (Å²) < 4.78 is 28.5. The van der Waals surface area contributed by atoms with E-state index in [1.807, 2.05) is 37.3 Å². The molecule has 1 aliphatic carbocycles. The molecule has 0 aliphatic heterocycles. The number of sulfonamides is 1. The van der Waals surface area contributed by atoms with Gasteiger partial charge in [0, 0.05) is 28.5 Å². The van der Waals surface area contributed by atoms with Gasteiger partial charge >= 0.3 is 0 Å². The number of hydrogen-bond donors (Lipinski definition) is 3. The van der Waals surface area contributed by atoms with Crippen molar-refractivity contribution in [2.45, 2.75) is 37.6 Å². The van der Waals surface area contributed by atoms with Gasteiger partial charge in [-0.25, -0.2) is 13.6 Å². The molecule has 1 aliphatic rings. The Morgan fingerprint density at radius 1 is 1.06 bits per heavy atom. The highest BCUT2D eigenvalue weighted by atomic mass is 32.2. The van der Waals surface area contributed by atoms with Gasteiger partial charge in [-0.1, -0.05) is 24.3 Å². The van der Waals surface area contributed by atoms with Crippen molar-refractivity contribution in [1.29, 1.82) is 0 Å². The van der Waals surface area contributed by atoms with E-state index in [1.54, 1.807) is 0 Å². The summed E-state index contributed by atoms with van der Waals surface area (Å²) in [5.41, 5.74) is 5.22. The molecule has 178 valence electrons. The van der Waals surface area contributed by atoms with Crippen LogP contribution in [0.1, 0.15) is 35.7 Å². The number of nitrogens with two attached hydrogens (primary N) is 1. The zero-order chi connectivity index (χ0) is 24.5. The number of methoxy groups -OCH3 is 1. The third-order valence-electron chi connectivity index (χ3n) is 6.15. The quantitative estimate of drug-likeness (QED) is 0.431. The van der Waals surface area contributed by atoms with Gasteiger partial charge in [0.15, 0.2) is 0 Å². The molecule has 4 N–H and O–H groups in total. The summed E-state index contributed by atoms with van der Waals surface area (Å²) in [6, 6.07) is 18.5. The van der Waals surface area contributed by atoms with E-state index in [4.69, 9.17) is 9.88 Å². The molecule has 34 heavy (non-hydrogen) atoms. The average molecular weight is 480 g/mol. The highest BCUT2D eigenvalue weighted by molar-refractivity contribution is 7.89. The van der Waals surface area contributed by atoms with Crippen LogP contribution in [0.25, 0.3) is 11.1 Å². The monoisotopic (exact) mass is 479 g/mol. The fourth-order valence-corrected chi connectivity index (χ4v) is 4.77. The lowest BCUT2D eigenvalue weighted by molar-refractivity contribution is 0.102. The number of nitrogens with one attached hydrogen (secondary N) is 2. The molecule has 1 saturated carbocycles. The summed E-state index contributed by atoms with van der Waals surface area (Å²) in [6.07, 6.45) is 2.56. The van der Waals surface area contributed by atoms with Crippen LogP contribution in [-0.4, -0.2) is 27.5 Å². The molecule has 7 nitrogen and oxygen atoms in total. The molecule has 0 spiro atoms. The first-order valence-electron chi connectivity index (χ1n) is 11.2. The number of amides is 1. The predicted molar refractivity (Wildman–Crippen MR) is 135 cm³/mol. The van der Waals surface area contributed by atoms with Gasteiger partial charge in [-0.3, -0.25) is 4.79 Å². The second-order valence-electron chi connectivity index (χ2n) is 8.71. The van der Waals surface area contributed by atoms with Crippen molar-refractivity contribution in [2.24, 2.45) is 11.1 Å². The highest BCUT2D eigenvalue weighted by Crippen LogP contribution is 2.37. The summed E-state index contributed by atoms with van der Waals surface area (Å²) in [4.78, 5) is 12.6. The van der Waals surface area contributed by atoms with Crippen LogP contribution in [0.3, 0.4) is 0 Å². The first-order valence-corrected chi connectivity index (χ1v) is 12.7. The number of hydrogen-bond acceptors (Lipinski definition) is 5. The van der Waals surface area contributed by atoms with Crippen LogP contribution in [0, 0.1) is 12.8 Å². The predicted octanol–water partition coefficient (Wildman–Crippen LogP) is 4.78. The molecule has 1 atom stereocenters. The van der Waals surface area contributed by atoms with Crippen LogP contribution in [-0.2, 0) is 10.0 Å². The van der Waals surface area contributed by atoms with Crippen LogP contribution < -0.4 is 20.5 Å². The van der Waals surface area contributed by atoms with Gasteiger partial charge in [0.05, 0.1) is 7.11 Å². The van der Waals surface area contributed by atoms with Gasteiger partial charge in [0.2, 0.25) is 10.0 Å². The Labute approximate surface area is 200 Å². The fourth-order valence-electron chi connectivity index (χ4n) is 4.09. The molecular formula is C26H29N3O4S. The molecule has 3 aromatic carbocycles.